The fourth-order valence-corrected chi connectivity index (χ4v) is 1.05. The summed E-state index contributed by atoms with van der Waals surface area (Å²) < 4.78 is 13.1. The summed E-state index contributed by atoms with van der Waals surface area (Å²) in [7, 11) is 0. The molecule has 0 fully saturated rings. The highest BCUT2D eigenvalue weighted by atomic mass is 19.1. The summed E-state index contributed by atoms with van der Waals surface area (Å²) in [6, 6.07) is 1.38. The van der Waals surface area contributed by atoms with Crippen LogP contribution in [0, 0.1) is 5.82 Å². The SMILES string of the molecule is O=C(Nc1ccncc1F)c1cn[nH]c1. The molecule has 15 heavy (non-hydrogen) atoms. The zero-order valence-corrected chi connectivity index (χ0v) is 7.57. The molecule has 0 unspecified atom stereocenters. The van der Waals surface area contributed by atoms with Gasteiger partial charge >= 0.3 is 0 Å². The maximum Gasteiger partial charge on any atom is 0.258 e. The summed E-state index contributed by atoms with van der Waals surface area (Å²) in [5.74, 6) is -0.997. The summed E-state index contributed by atoms with van der Waals surface area (Å²) in [4.78, 5) is 15.0. The van der Waals surface area contributed by atoms with Gasteiger partial charge in [-0.2, -0.15) is 5.10 Å². The van der Waals surface area contributed by atoms with Gasteiger partial charge in [0.15, 0.2) is 5.82 Å². The van der Waals surface area contributed by atoms with Gasteiger partial charge in [0.25, 0.3) is 5.91 Å². The van der Waals surface area contributed by atoms with Crippen molar-refractivity contribution in [2.24, 2.45) is 0 Å². The number of amides is 1. The number of rotatable bonds is 2. The lowest BCUT2D eigenvalue weighted by Gasteiger charge is -2.03. The van der Waals surface area contributed by atoms with Gasteiger partial charge in [-0.1, -0.05) is 0 Å². The summed E-state index contributed by atoms with van der Waals surface area (Å²) >= 11 is 0. The fraction of sp³-hybridized carbons (Fsp3) is 0. The molecular formula is C9H7FN4O. The van der Waals surface area contributed by atoms with Crippen molar-refractivity contribution in [1.82, 2.24) is 15.2 Å². The van der Waals surface area contributed by atoms with Gasteiger partial charge in [0.1, 0.15) is 0 Å². The van der Waals surface area contributed by atoms with Crippen molar-refractivity contribution in [3.05, 3.63) is 42.2 Å². The molecule has 0 saturated heterocycles. The van der Waals surface area contributed by atoms with Crippen LogP contribution < -0.4 is 5.32 Å². The van der Waals surface area contributed by atoms with E-state index in [2.05, 4.69) is 20.5 Å². The molecule has 76 valence electrons. The monoisotopic (exact) mass is 206 g/mol. The van der Waals surface area contributed by atoms with Gasteiger partial charge in [-0.3, -0.25) is 14.9 Å². The first-order valence-electron chi connectivity index (χ1n) is 4.17. The molecule has 0 aliphatic heterocycles. The number of pyridine rings is 1. The Morgan fingerprint density at radius 2 is 2.33 bits per heavy atom. The van der Waals surface area contributed by atoms with E-state index in [1.54, 1.807) is 0 Å². The molecule has 2 heterocycles. The van der Waals surface area contributed by atoms with Crippen LogP contribution in [0.2, 0.25) is 0 Å². The zero-order valence-electron chi connectivity index (χ0n) is 7.57. The minimum absolute atomic E-state index is 0.0937. The number of halogens is 1. The smallest absolute Gasteiger partial charge is 0.258 e. The van der Waals surface area contributed by atoms with E-state index in [9.17, 15) is 9.18 Å². The van der Waals surface area contributed by atoms with Crippen LogP contribution in [0.4, 0.5) is 10.1 Å². The van der Waals surface area contributed by atoms with Crippen molar-refractivity contribution < 1.29 is 9.18 Å². The maximum atomic E-state index is 13.1. The maximum absolute atomic E-state index is 13.1. The van der Waals surface area contributed by atoms with Crippen LogP contribution in [-0.2, 0) is 0 Å². The lowest BCUT2D eigenvalue weighted by atomic mass is 10.3. The topological polar surface area (TPSA) is 70.7 Å². The molecule has 0 aromatic carbocycles. The van der Waals surface area contributed by atoms with Crippen LogP contribution in [-0.4, -0.2) is 21.1 Å². The number of hydrogen-bond acceptors (Lipinski definition) is 3. The molecule has 0 radical (unpaired) electrons. The van der Waals surface area contributed by atoms with E-state index in [1.165, 1.54) is 24.7 Å². The Kier molecular flexibility index (Phi) is 2.40. The average molecular weight is 206 g/mol. The molecule has 0 bridgehead atoms. The number of hydrogen-bond donors (Lipinski definition) is 2. The second kappa shape index (κ2) is 3.87. The molecular weight excluding hydrogens is 199 g/mol. The number of carbonyl (C=O) groups is 1. The summed E-state index contributed by atoms with van der Waals surface area (Å²) in [6.07, 6.45) is 5.21. The number of aromatic nitrogens is 3. The Hall–Kier alpha value is -2.24. The lowest BCUT2D eigenvalue weighted by Crippen LogP contribution is -2.12. The molecule has 0 atom stereocenters. The van der Waals surface area contributed by atoms with E-state index in [4.69, 9.17) is 0 Å². The third kappa shape index (κ3) is 1.98. The number of aromatic amines is 1. The molecule has 0 saturated carbocycles. The van der Waals surface area contributed by atoms with E-state index < -0.39 is 11.7 Å². The minimum atomic E-state index is -0.575. The van der Waals surface area contributed by atoms with Crippen molar-refractivity contribution in [2.45, 2.75) is 0 Å². The number of nitrogens with one attached hydrogen (secondary N) is 2. The highest BCUT2D eigenvalue weighted by Gasteiger charge is 2.09. The predicted octanol–water partition coefficient (Wildman–Crippen LogP) is 1.20. The van der Waals surface area contributed by atoms with E-state index in [1.807, 2.05) is 0 Å². The molecule has 0 spiro atoms. The van der Waals surface area contributed by atoms with Gasteiger partial charge in [0.05, 0.1) is 23.6 Å². The number of nitrogens with zero attached hydrogens (tertiary/aromatic N) is 2. The van der Waals surface area contributed by atoms with Crippen LogP contribution >= 0.6 is 0 Å². The summed E-state index contributed by atoms with van der Waals surface area (Å²) in [6.45, 7) is 0. The molecule has 2 aromatic heterocycles. The molecule has 0 aliphatic carbocycles. The van der Waals surface area contributed by atoms with Crippen LogP contribution in [0.5, 0.6) is 0 Å². The van der Waals surface area contributed by atoms with Gasteiger partial charge in [-0.05, 0) is 6.07 Å². The Balaban J connectivity index is 2.17. The quantitative estimate of drug-likeness (QED) is 0.775. The standard InChI is InChI=1S/C9H7FN4O/c10-7-5-11-2-1-8(7)14-9(15)6-3-12-13-4-6/h1-5H,(H,12,13)(H,11,14,15). The van der Waals surface area contributed by atoms with E-state index in [0.717, 1.165) is 6.20 Å². The van der Waals surface area contributed by atoms with Gasteiger partial charge in [-0.15, -0.1) is 0 Å². The van der Waals surface area contributed by atoms with Crippen molar-refractivity contribution in [1.29, 1.82) is 0 Å². The zero-order chi connectivity index (χ0) is 10.7. The Bertz CT molecular complexity index is 469. The van der Waals surface area contributed by atoms with Gasteiger partial charge in [0.2, 0.25) is 0 Å². The second-order valence-corrected chi connectivity index (χ2v) is 2.80. The average Bonchev–Trinajstić information content (AvgIpc) is 2.74. The molecule has 2 rings (SSSR count). The molecule has 6 heteroatoms. The first-order valence-corrected chi connectivity index (χ1v) is 4.17. The summed E-state index contributed by atoms with van der Waals surface area (Å²) in [5.41, 5.74) is 0.433. The molecule has 5 nitrogen and oxygen atoms in total. The van der Waals surface area contributed by atoms with Crippen LogP contribution in [0.15, 0.2) is 30.9 Å². The van der Waals surface area contributed by atoms with Crippen LogP contribution in [0.1, 0.15) is 10.4 Å². The Morgan fingerprint density at radius 3 is 3.00 bits per heavy atom. The molecule has 1 amide bonds. The first kappa shape index (κ1) is 9.32. The third-order valence-corrected chi connectivity index (χ3v) is 1.78. The third-order valence-electron chi connectivity index (χ3n) is 1.78. The number of H-pyrrole nitrogens is 1. The number of carbonyl (C=O) groups excluding carboxylic acids is 1. The van der Waals surface area contributed by atoms with Crippen LogP contribution in [0.3, 0.4) is 0 Å². The number of anilines is 1. The van der Waals surface area contributed by atoms with Crippen molar-refractivity contribution in [3.8, 4) is 0 Å². The Labute approximate surface area is 84.3 Å². The van der Waals surface area contributed by atoms with Crippen molar-refractivity contribution >= 4 is 11.6 Å². The van der Waals surface area contributed by atoms with Crippen molar-refractivity contribution in [2.75, 3.05) is 5.32 Å². The second-order valence-electron chi connectivity index (χ2n) is 2.80. The fourth-order valence-electron chi connectivity index (χ4n) is 1.05. The highest BCUT2D eigenvalue weighted by molar-refractivity contribution is 6.03. The van der Waals surface area contributed by atoms with E-state index in [0.29, 0.717) is 5.56 Å². The van der Waals surface area contributed by atoms with Crippen molar-refractivity contribution in [3.63, 3.8) is 0 Å². The molecule has 0 aliphatic rings. The van der Waals surface area contributed by atoms with Gasteiger partial charge < -0.3 is 5.32 Å². The van der Waals surface area contributed by atoms with Gasteiger partial charge in [0, 0.05) is 12.4 Å². The van der Waals surface area contributed by atoms with Gasteiger partial charge in [-0.25, -0.2) is 4.39 Å². The van der Waals surface area contributed by atoms with Crippen LogP contribution in [0.25, 0.3) is 0 Å². The Morgan fingerprint density at radius 1 is 1.47 bits per heavy atom. The van der Waals surface area contributed by atoms with E-state index in [-0.39, 0.29) is 5.69 Å². The highest BCUT2D eigenvalue weighted by Crippen LogP contribution is 2.11. The predicted molar refractivity (Wildman–Crippen MR) is 50.7 cm³/mol. The minimum Gasteiger partial charge on any atom is -0.319 e. The molecule has 2 N–H and O–H groups in total. The summed E-state index contributed by atoms with van der Waals surface area (Å²) in [5, 5.41) is 8.51. The lowest BCUT2D eigenvalue weighted by molar-refractivity contribution is 0.102. The normalized spacial score (nSPS) is 9.93. The first-order chi connectivity index (χ1) is 7.27. The largest absolute Gasteiger partial charge is 0.319 e. The molecule has 2 aromatic rings. The van der Waals surface area contributed by atoms with E-state index >= 15 is 0 Å².